The molecule has 0 aliphatic carbocycles. The molecular formula is C16H21N5O4. The molecule has 1 N–H and O–H groups in total. The molecule has 0 unspecified atom stereocenters. The van der Waals surface area contributed by atoms with Crippen LogP contribution in [0.3, 0.4) is 0 Å². The second-order valence-electron chi connectivity index (χ2n) is 5.65. The molecule has 0 aliphatic heterocycles. The maximum absolute atomic E-state index is 12.0. The third-order valence-electron chi connectivity index (χ3n) is 3.36. The maximum atomic E-state index is 12.0. The number of nitro benzene ring substituents is 1. The number of para-hydroxylation sites is 2. The van der Waals surface area contributed by atoms with Gasteiger partial charge in [0.2, 0.25) is 0 Å². The molecule has 134 valence electrons. The van der Waals surface area contributed by atoms with E-state index >= 15 is 0 Å². The second-order valence-corrected chi connectivity index (χ2v) is 5.65. The number of nitro groups is 1. The van der Waals surface area contributed by atoms with Gasteiger partial charge in [-0.2, -0.15) is 5.10 Å². The summed E-state index contributed by atoms with van der Waals surface area (Å²) in [5.41, 5.74) is 0.157. The first kappa shape index (κ1) is 18.4. The van der Waals surface area contributed by atoms with Crippen LogP contribution in [0.5, 0.6) is 5.75 Å². The highest BCUT2D eigenvalue weighted by molar-refractivity contribution is 5.92. The van der Waals surface area contributed by atoms with Gasteiger partial charge in [0.15, 0.2) is 12.5 Å². The van der Waals surface area contributed by atoms with Gasteiger partial charge in [-0.05, 0) is 39.2 Å². The zero-order valence-electron chi connectivity index (χ0n) is 14.2. The molecule has 2 aromatic rings. The lowest BCUT2D eigenvalue weighted by Gasteiger charge is -2.09. The highest BCUT2D eigenvalue weighted by Gasteiger charge is 2.14. The molecule has 0 saturated carbocycles. The Morgan fingerprint density at radius 1 is 1.36 bits per heavy atom. The number of nitrogens with one attached hydrogen (secondary N) is 1. The Labute approximate surface area is 145 Å². The van der Waals surface area contributed by atoms with E-state index in [9.17, 15) is 14.9 Å². The molecule has 0 saturated heterocycles. The van der Waals surface area contributed by atoms with E-state index in [4.69, 9.17) is 4.74 Å². The van der Waals surface area contributed by atoms with Crippen molar-refractivity contribution in [1.82, 2.24) is 20.0 Å². The quantitative estimate of drug-likeness (QED) is 0.419. The van der Waals surface area contributed by atoms with Crippen molar-refractivity contribution < 1.29 is 14.5 Å². The molecule has 1 heterocycles. The molecule has 9 nitrogen and oxygen atoms in total. The lowest BCUT2D eigenvalue weighted by molar-refractivity contribution is -0.386. The fraction of sp³-hybridized carbons (Fsp3) is 0.375. The van der Waals surface area contributed by atoms with Gasteiger partial charge in [0.25, 0.3) is 5.91 Å². The first-order valence-corrected chi connectivity index (χ1v) is 7.80. The highest BCUT2D eigenvalue weighted by Crippen LogP contribution is 2.25. The number of hydrogen-bond donors (Lipinski definition) is 1. The third kappa shape index (κ3) is 5.57. The minimum absolute atomic E-state index is 0.0290. The summed E-state index contributed by atoms with van der Waals surface area (Å²) >= 11 is 0. The average Bonchev–Trinajstić information content (AvgIpc) is 3.05. The molecule has 0 radical (unpaired) electrons. The Morgan fingerprint density at radius 3 is 2.84 bits per heavy atom. The van der Waals surface area contributed by atoms with Crippen LogP contribution in [0.4, 0.5) is 5.69 Å². The largest absolute Gasteiger partial charge is 0.464 e. The van der Waals surface area contributed by atoms with E-state index in [1.54, 1.807) is 24.4 Å². The zero-order chi connectivity index (χ0) is 18.2. The van der Waals surface area contributed by atoms with Crippen LogP contribution in [-0.4, -0.2) is 52.7 Å². The third-order valence-corrected chi connectivity index (χ3v) is 3.36. The van der Waals surface area contributed by atoms with Crippen LogP contribution in [0.15, 0.2) is 36.5 Å². The van der Waals surface area contributed by atoms with Gasteiger partial charge >= 0.3 is 5.69 Å². The zero-order valence-corrected chi connectivity index (χ0v) is 14.2. The second kappa shape index (κ2) is 8.78. The summed E-state index contributed by atoms with van der Waals surface area (Å²) in [6.07, 6.45) is 2.43. The van der Waals surface area contributed by atoms with Gasteiger partial charge in [0.1, 0.15) is 5.69 Å². The van der Waals surface area contributed by atoms with E-state index in [2.05, 4.69) is 10.4 Å². The molecule has 1 aromatic carbocycles. The number of carbonyl (C=O) groups is 1. The van der Waals surface area contributed by atoms with Crippen molar-refractivity contribution in [2.45, 2.75) is 13.2 Å². The maximum Gasteiger partial charge on any atom is 0.311 e. The average molecular weight is 347 g/mol. The normalized spacial score (nSPS) is 10.7. The number of hydrogen-bond acceptors (Lipinski definition) is 6. The number of benzene rings is 1. The van der Waals surface area contributed by atoms with E-state index in [-0.39, 0.29) is 29.8 Å². The molecule has 1 amide bonds. The van der Waals surface area contributed by atoms with Crippen molar-refractivity contribution in [2.75, 3.05) is 27.2 Å². The van der Waals surface area contributed by atoms with Crippen LogP contribution in [0, 0.1) is 10.1 Å². The van der Waals surface area contributed by atoms with Gasteiger partial charge in [-0.1, -0.05) is 12.1 Å². The topological polar surface area (TPSA) is 103 Å². The van der Waals surface area contributed by atoms with Crippen molar-refractivity contribution in [3.63, 3.8) is 0 Å². The van der Waals surface area contributed by atoms with E-state index in [1.165, 1.54) is 16.8 Å². The van der Waals surface area contributed by atoms with Crippen molar-refractivity contribution >= 4 is 11.6 Å². The smallest absolute Gasteiger partial charge is 0.311 e. The Hall–Kier alpha value is -2.94. The van der Waals surface area contributed by atoms with E-state index in [0.717, 1.165) is 13.0 Å². The van der Waals surface area contributed by atoms with Gasteiger partial charge in [0, 0.05) is 18.8 Å². The molecule has 0 aliphatic rings. The van der Waals surface area contributed by atoms with E-state index in [1.807, 2.05) is 19.0 Å². The van der Waals surface area contributed by atoms with Crippen molar-refractivity contribution in [1.29, 1.82) is 0 Å². The molecule has 0 spiro atoms. The fourth-order valence-electron chi connectivity index (χ4n) is 2.11. The summed E-state index contributed by atoms with van der Waals surface area (Å²) in [6, 6.07) is 7.67. The molecule has 25 heavy (non-hydrogen) atoms. The van der Waals surface area contributed by atoms with Crippen LogP contribution in [0.2, 0.25) is 0 Å². The SMILES string of the molecule is CN(C)CCCNC(=O)c1ccn(COc2ccccc2[N+](=O)[O-])n1. The number of ether oxygens (including phenoxy) is 1. The Balaban J connectivity index is 1.87. The Bertz CT molecular complexity index is 729. The number of nitrogens with zero attached hydrogens (tertiary/aromatic N) is 4. The summed E-state index contributed by atoms with van der Waals surface area (Å²) in [5.74, 6) is -0.110. The monoisotopic (exact) mass is 347 g/mol. The summed E-state index contributed by atoms with van der Waals surface area (Å²) in [5, 5.41) is 17.8. The molecule has 2 rings (SSSR count). The number of aromatic nitrogens is 2. The van der Waals surface area contributed by atoms with E-state index < -0.39 is 4.92 Å². The van der Waals surface area contributed by atoms with Crippen LogP contribution in [0.1, 0.15) is 16.9 Å². The summed E-state index contributed by atoms with van der Waals surface area (Å²) in [4.78, 5) is 24.5. The Kier molecular flexibility index (Phi) is 6.47. The van der Waals surface area contributed by atoms with Crippen molar-refractivity contribution in [2.24, 2.45) is 0 Å². The van der Waals surface area contributed by atoms with Crippen LogP contribution >= 0.6 is 0 Å². The molecular weight excluding hydrogens is 326 g/mol. The number of rotatable bonds is 9. The van der Waals surface area contributed by atoms with Crippen molar-refractivity contribution in [3.8, 4) is 5.75 Å². The predicted octanol–water partition coefficient (Wildman–Crippen LogP) is 1.51. The molecule has 1 aromatic heterocycles. The van der Waals surface area contributed by atoms with Gasteiger partial charge in [-0.15, -0.1) is 0 Å². The predicted molar refractivity (Wildman–Crippen MR) is 91.5 cm³/mol. The van der Waals surface area contributed by atoms with Gasteiger partial charge < -0.3 is 15.0 Å². The molecule has 0 atom stereocenters. The molecule has 0 bridgehead atoms. The van der Waals surface area contributed by atoms with Gasteiger partial charge in [-0.3, -0.25) is 14.9 Å². The van der Waals surface area contributed by atoms with Crippen molar-refractivity contribution in [3.05, 3.63) is 52.3 Å². The molecule has 0 fully saturated rings. The fourth-order valence-corrected chi connectivity index (χ4v) is 2.11. The minimum Gasteiger partial charge on any atom is -0.464 e. The highest BCUT2D eigenvalue weighted by atomic mass is 16.6. The first-order chi connectivity index (χ1) is 12.0. The summed E-state index contributed by atoms with van der Waals surface area (Å²) in [6.45, 7) is 1.42. The standard InChI is InChI=1S/C16H21N5O4/c1-19(2)10-5-9-17-16(22)13-8-11-20(18-13)12-25-15-7-4-3-6-14(15)21(23)24/h3-4,6-8,11H,5,9-10,12H2,1-2H3,(H,17,22). The molecule has 9 heteroatoms. The van der Waals surface area contributed by atoms with Gasteiger partial charge in [0.05, 0.1) is 4.92 Å². The minimum atomic E-state index is -0.509. The lowest BCUT2D eigenvalue weighted by atomic mass is 10.3. The Morgan fingerprint density at radius 2 is 2.12 bits per heavy atom. The van der Waals surface area contributed by atoms with Gasteiger partial charge in [-0.25, -0.2) is 4.68 Å². The summed E-state index contributed by atoms with van der Waals surface area (Å²) < 4.78 is 6.83. The lowest BCUT2D eigenvalue weighted by Crippen LogP contribution is -2.27. The van der Waals surface area contributed by atoms with E-state index in [0.29, 0.717) is 6.54 Å². The van der Waals surface area contributed by atoms with Crippen LogP contribution in [-0.2, 0) is 6.73 Å². The summed E-state index contributed by atoms with van der Waals surface area (Å²) in [7, 11) is 3.95. The number of carbonyl (C=O) groups excluding carboxylic acids is 1. The van der Waals surface area contributed by atoms with Crippen LogP contribution < -0.4 is 10.1 Å². The first-order valence-electron chi connectivity index (χ1n) is 7.80. The number of amides is 1. The van der Waals surface area contributed by atoms with Crippen LogP contribution in [0.25, 0.3) is 0 Å².